The summed E-state index contributed by atoms with van der Waals surface area (Å²) in [6.45, 7) is 4.91. The van der Waals surface area contributed by atoms with Crippen LogP contribution in [-0.2, 0) is 6.42 Å². The van der Waals surface area contributed by atoms with E-state index >= 15 is 0 Å². The maximum absolute atomic E-state index is 12.2. The van der Waals surface area contributed by atoms with Crippen LogP contribution in [-0.4, -0.2) is 23.5 Å². The predicted octanol–water partition coefficient (Wildman–Crippen LogP) is 2.86. The molecule has 112 valence electrons. The number of aromatic nitrogens is 1. The van der Waals surface area contributed by atoms with Crippen LogP contribution in [0.25, 0.3) is 0 Å². The van der Waals surface area contributed by atoms with Crippen molar-refractivity contribution in [2.45, 2.75) is 32.7 Å². The lowest BCUT2D eigenvalue weighted by Crippen LogP contribution is -2.34. The molecule has 1 atom stereocenters. The highest BCUT2D eigenvalue weighted by Gasteiger charge is 2.13. The summed E-state index contributed by atoms with van der Waals surface area (Å²) in [7, 11) is 0. The summed E-state index contributed by atoms with van der Waals surface area (Å²) in [5, 5.41) is 6.17. The summed E-state index contributed by atoms with van der Waals surface area (Å²) < 4.78 is 5.28. The molecule has 1 unspecified atom stereocenters. The first-order valence-electron chi connectivity index (χ1n) is 7.22. The molecule has 2 rings (SSSR count). The number of nitrogens with one attached hydrogen (secondary N) is 2. The minimum absolute atomic E-state index is 0.0160. The third kappa shape index (κ3) is 4.63. The number of hydrogen-bond donors (Lipinski definition) is 2. The molecule has 0 aliphatic heterocycles. The Balaban J connectivity index is 1.93. The quantitative estimate of drug-likeness (QED) is 0.821. The van der Waals surface area contributed by atoms with Crippen LogP contribution in [0.3, 0.4) is 0 Å². The molecule has 0 aliphatic rings. The Bertz CT molecular complexity index is 567. The van der Waals surface area contributed by atoms with E-state index in [1.54, 1.807) is 18.5 Å². The molecule has 1 amide bonds. The van der Waals surface area contributed by atoms with Gasteiger partial charge in [0.2, 0.25) is 0 Å². The van der Waals surface area contributed by atoms with E-state index in [1.807, 2.05) is 25.1 Å². The maximum atomic E-state index is 12.2. The van der Waals surface area contributed by atoms with Crippen molar-refractivity contribution in [2.75, 3.05) is 11.9 Å². The summed E-state index contributed by atoms with van der Waals surface area (Å²) in [5.41, 5.74) is 1.33. The Hall–Kier alpha value is -2.30. The summed E-state index contributed by atoms with van der Waals surface area (Å²) >= 11 is 0. The van der Waals surface area contributed by atoms with Gasteiger partial charge in [-0.25, -0.2) is 0 Å². The number of carbonyl (C=O) groups is 1. The Morgan fingerprint density at radius 3 is 3.00 bits per heavy atom. The zero-order chi connectivity index (χ0) is 15.1. The van der Waals surface area contributed by atoms with Gasteiger partial charge in [0.1, 0.15) is 11.5 Å². The molecule has 21 heavy (non-hydrogen) atoms. The molecule has 2 heterocycles. The molecule has 0 bridgehead atoms. The summed E-state index contributed by atoms with van der Waals surface area (Å²) in [5.74, 6) is 0.684. The van der Waals surface area contributed by atoms with Gasteiger partial charge in [-0.2, -0.15) is 0 Å². The lowest BCUT2D eigenvalue weighted by Gasteiger charge is -2.13. The fourth-order valence-corrected chi connectivity index (χ4v) is 2.01. The van der Waals surface area contributed by atoms with Crippen molar-refractivity contribution in [3.05, 3.63) is 48.2 Å². The van der Waals surface area contributed by atoms with Crippen molar-refractivity contribution in [2.24, 2.45) is 0 Å². The van der Waals surface area contributed by atoms with Gasteiger partial charge in [0.25, 0.3) is 5.91 Å². The lowest BCUT2D eigenvalue weighted by atomic mass is 10.2. The van der Waals surface area contributed by atoms with E-state index in [1.165, 1.54) is 0 Å². The molecule has 2 N–H and O–H groups in total. The zero-order valence-corrected chi connectivity index (χ0v) is 12.4. The second-order valence-corrected chi connectivity index (χ2v) is 5.01. The molecule has 2 aromatic rings. The van der Waals surface area contributed by atoms with Gasteiger partial charge < -0.3 is 15.1 Å². The first-order valence-corrected chi connectivity index (χ1v) is 7.22. The second-order valence-electron chi connectivity index (χ2n) is 5.01. The summed E-state index contributed by atoms with van der Waals surface area (Å²) in [6, 6.07) is 7.35. The molecule has 0 spiro atoms. The Morgan fingerprint density at radius 1 is 1.43 bits per heavy atom. The van der Waals surface area contributed by atoms with E-state index in [0.29, 0.717) is 12.1 Å². The molecular weight excluding hydrogens is 266 g/mol. The molecule has 0 fully saturated rings. The molecule has 0 saturated carbocycles. The SMILES string of the molecule is CCCNc1ccnc(C(=O)NC(C)Cc2ccco2)c1. The van der Waals surface area contributed by atoms with Crippen LogP contribution < -0.4 is 10.6 Å². The van der Waals surface area contributed by atoms with Crippen LogP contribution in [0, 0.1) is 0 Å². The number of amides is 1. The number of furan rings is 1. The summed E-state index contributed by atoms with van der Waals surface area (Å²) in [4.78, 5) is 16.3. The monoisotopic (exact) mass is 287 g/mol. The van der Waals surface area contributed by atoms with Crippen molar-refractivity contribution in [1.29, 1.82) is 0 Å². The minimum Gasteiger partial charge on any atom is -0.469 e. The molecule has 0 saturated heterocycles. The molecule has 0 aromatic carbocycles. The van der Waals surface area contributed by atoms with E-state index in [9.17, 15) is 4.79 Å². The van der Waals surface area contributed by atoms with E-state index < -0.39 is 0 Å². The van der Waals surface area contributed by atoms with Crippen molar-refractivity contribution in [3.8, 4) is 0 Å². The largest absolute Gasteiger partial charge is 0.469 e. The van der Waals surface area contributed by atoms with Gasteiger partial charge in [0.05, 0.1) is 6.26 Å². The minimum atomic E-state index is -0.172. The van der Waals surface area contributed by atoms with Crippen molar-refractivity contribution in [3.63, 3.8) is 0 Å². The van der Waals surface area contributed by atoms with Gasteiger partial charge in [-0.1, -0.05) is 6.92 Å². The average molecular weight is 287 g/mol. The highest BCUT2D eigenvalue weighted by molar-refractivity contribution is 5.93. The standard InChI is InChI=1S/C16H21N3O2/c1-3-7-17-13-6-8-18-15(11-13)16(20)19-12(2)10-14-5-4-9-21-14/h4-6,8-9,11-12H,3,7,10H2,1-2H3,(H,17,18)(H,19,20). The molecule has 5 heteroatoms. The molecule has 2 aromatic heterocycles. The number of carbonyl (C=O) groups excluding carboxylic acids is 1. The van der Waals surface area contributed by atoms with Crippen LogP contribution in [0.5, 0.6) is 0 Å². The Labute approximate surface area is 124 Å². The topological polar surface area (TPSA) is 67.2 Å². The van der Waals surface area contributed by atoms with Crippen molar-refractivity contribution in [1.82, 2.24) is 10.3 Å². The average Bonchev–Trinajstić information content (AvgIpc) is 2.98. The van der Waals surface area contributed by atoms with Crippen LogP contribution in [0.2, 0.25) is 0 Å². The molecule has 0 radical (unpaired) electrons. The summed E-state index contributed by atoms with van der Waals surface area (Å²) in [6.07, 6.45) is 4.97. The zero-order valence-electron chi connectivity index (χ0n) is 12.4. The van der Waals surface area contributed by atoms with Crippen molar-refractivity contribution >= 4 is 11.6 Å². The fraction of sp³-hybridized carbons (Fsp3) is 0.375. The van der Waals surface area contributed by atoms with E-state index in [2.05, 4.69) is 22.5 Å². The number of hydrogen-bond acceptors (Lipinski definition) is 4. The maximum Gasteiger partial charge on any atom is 0.270 e. The van der Waals surface area contributed by atoms with Gasteiger partial charge in [-0.05, 0) is 37.6 Å². The highest BCUT2D eigenvalue weighted by Crippen LogP contribution is 2.09. The number of pyridine rings is 1. The first-order chi connectivity index (χ1) is 10.2. The lowest BCUT2D eigenvalue weighted by molar-refractivity contribution is 0.0934. The van der Waals surface area contributed by atoms with Crippen LogP contribution in [0.1, 0.15) is 36.5 Å². The number of nitrogens with zero attached hydrogens (tertiary/aromatic N) is 1. The normalized spacial score (nSPS) is 11.9. The molecule has 0 aliphatic carbocycles. The number of anilines is 1. The van der Waals surface area contributed by atoms with Crippen LogP contribution in [0.4, 0.5) is 5.69 Å². The van der Waals surface area contributed by atoms with Gasteiger partial charge >= 0.3 is 0 Å². The smallest absolute Gasteiger partial charge is 0.270 e. The van der Waals surface area contributed by atoms with E-state index in [0.717, 1.165) is 24.4 Å². The Morgan fingerprint density at radius 2 is 2.29 bits per heavy atom. The Kier molecular flexibility index (Phi) is 5.37. The van der Waals surface area contributed by atoms with Crippen LogP contribution >= 0.6 is 0 Å². The predicted molar refractivity (Wildman–Crippen MR) is 82.4 cm³/mol. The molecular formula is C16H21N3O2. The third-order valence-corrected chi connectivity index (χ3v) is 3.04. The van der Waals surface area contributed by atoms with E-state index in [-0.39, 0.29) is 11.9 Å². The van der Waals surface area contributed by atoms with Crippen molar-refractivity contribution < 1.29 is 9.21 Å². The van der Waals surface area contributed by atoms with Crippen LogP contribution in [0.15, 0.2) is 41.1 Å². The van der Waals surface area contributed by atoms with E-state index in [4.69, 9.17) is 4.42 Å². The number of rotatable bonds is 7. The van der Waals surface area contributed by atoms with Gasteiger partial charge in [0.15, 0.2) is 0 Å². The highest BCUT2D eigenvalue weighted by atomic mass is 16.3. The second kappa shape index (κ2) is 7.47. The van der Waals surface area contributed by atoms with Gasteiger partial charge in [0, 0.05) is 30.9 Å². The van der Waals surface area contributed by atoms with Gasteiger partial charge in [-0.15, -0.1) is 0 Å². The fourth-order valence-electron chi connectivity index (χ4n) is 2.01. The third-order valence-electron chi connectivity index (χ3n) is 3.04. The molecule has 5 nitrogen and oxygen atoms in total. The van der Waals surface area contributed by atoms with Gasteiger partial charge in [-0.3, -0.25) is 9.78 Å². The first kappa shape index (κ1) is 15.1.